The predicted octanol–water partition coefficient (Wildman–Crippen LogP) is 6.28. The van der Waals surface area contributed by atoms with Gasteiger partial charge < -0.3 is 5.32 Å². The highest BCUT2D eigenvalue weighted by Crippen LogP contribution is 2.30. The average molecular weight is 651 g/mol. The number of hydrogen-bond acceptors (Lipinski definition) is 5. The summed E-state index contributed by atoms with van der Waals surface area (Å²) < 4.78 is 55.3. The Morgan fingerprint density at radius 3 is 2.10 bits per heavy atom. The van der Waals surface area contributed by atoms with E-state index in [1.54, 1.807) is 18.2 Å². The molecule has 0 saturated carbocycles. The molecular weight excluding hydrogens is 628 g/mol. The quantitative estimate of drug-likeness (QED) is 0.298. The number of carbonyl (C=O) groups excluding carboxylic acids is 1. The Kier molecular flexibility index (Phi) is 9.37. The zero-order valence-corrected chi connectivity index (χ0v) is 24.9. The summed E-state index contributed by atoms with van der Waals surface area (Å²) in [5, 5.41) is 3.82. The maximum atomic E-state index is 13.1. The van der Waals surface area contributed by atoms with Crippen molar-refractivity contribution in [3.05, 3.63) is 86.3 Å². The minimum Gasteiger partial charge on any atom is -0.326 e. The predicted molar refractivity (Wildman–Crippen MR) is 156 cm³/mol. The molecule has 1 saturated heterocycles. The maximum absolute atomic E-state index is 13.1. The molecule has 1 aliphatic heterocycles. The van der Waals surface area contributed by atoms with Crippen molar-refractivity contribution in [2.24, 2.45) is 5.92 Å². The minimum atomic E-state index is -3.94. The van der Waals surface area contributed by atoms with Gasteiger partial charge in [-0.25, -0.2) is 21.1 Å². The first-order valence-corrected chi connectivity index (χ1v) is 16.2. The molecule has 2 N–H and O–H groups in total. The molecule has 0 radical (unpaired) electrons. The van der Waals surface area contributed by atoms with Crippen LogP contribution < -0.4 is 10.0 Å². The molecule has 0 bridgehead atoms. The van der Waals surface area contributed by atoms with Gasteiger partial charge in [-0.3, -0.25) is 9.52 Å². The first-order chi connectivity index (χ1) is 18.3. The molecule has 1 aliphatic rings. The number of sulfonamides is 2. The molecule has 0 aromatic heterocycles. The number of nitrogens with one attached hydrogen (secondary N) is 2. The highest BCUT2D eigenvalue weighted by atomic mass is 35.5. The second-order valence-corrected chi connectivity index (χ2v) is 14.3. The highest BCUT2D eigenvalue weighted by molar-refractivity contribution is 7.92. The Morgan fingerprint density at radius 2 is 1.49 bits per heavy atom. The second kappa shape index (κ2) is 12.2. The molecule has 0 spiro atoms. The van der Waals surface area contributed by atoms with E-state index in [1.807, 2.05) is 0 Å². The summed E-state index contributed by atoms with van der Waals surface area (Å²) in [7, 11) is -7.72. The van der Waals surface area contributed by atoms with Gasteiger partial charge in [0.25, 0.3) is 10.0 Å². The topological polar surface area (TPSA) is 113 Å². The van der Waals surface area contributed by atoms with Crippen molar-refractivity contribution in [3.8, 4) is 0 Å². The fraction of sp³-hybridized carbons (Fsp3) is 0.240. The van der Waals surface area contributed by atoms with Crippen molar-refractivity contribution in [3.63, 3.8) is 0 Å². The Hall–Kier alpha value is -2.05. The largest absolute Gasteiger partial charge is 0.326 e. The molecule has 0 unspecified atom stereocenters. The highest BCUT2D eigenvalue weighted by Gasteiger charge is 2.33. The van der Waals surface area contributed by atoms with Gasteiger partial charge in [0, 0.05) is 44.4 Å². The number of piperidine rings is 1. The van der Waals surface area contributed by atoms with Crippen LogP contribution in [0.1, 0.15) is 18.4 Å². The van der Waals surface area contributed by atoms with E-state index in [0.29, 0.717) is 24.1 Å². The summed E-state index contributed by atoms with van der Waals surface area (Å²) in [4.78, 5) is 12.9. The third kappa shape index (κ3) is 7.58. The van der Waals surface area contributed by atoms with E-state index >= 15 is 0 Å². The Balaban J connectivity index is 1.40. The van der Waals surface area contributed by atoms with Crippen LogP contribution in [-0.4, -0.2) is 40.1 Å². The number of nitrogens with zero attached hydrogens (tertiary/aromatic N) is 1. The molecule has 3 aromatic rings. The van der Waals surface area contributed by atoms with E-state index in [2.05, 4.69) is 10.0 Å². The normalized spacial score (nSPS) is 16.6. The molecule has 208 valence electrons. The van der Waals surface area contributed by atoms with Crippen LogP contribution in [0.15, 0.2) is 65.6 Å². The van der Waals surface area contributed by atoms with Gasteiger partial charge in [0.2, 0.25) is 15.9 Å². The van der Waals surface area contributed by atoms with Crippen molar-refractivity contribution < 1.29 is 21.6 Å². The zero-order chi connectivity index (χ0) is 28.4. The van der Waals surface area contributed by atoms with Gasteiger partial charge in [-0.1, -0.05) is 52.5 Å². The fourth-order valence-corrected chi connectivity index (χ4v) is 8.07. The molecule has 8 nitrogen and oxygen atoms in total. The summed E-state index contributed by atoms with van der Waals surface area (Å²) >= 11 is 24.2. The number of anilines is 2. The SMILES string of the molecule is O=C(Nc1ccc(S(=O)(=O)Nc2cc(Cl)cc(Cl)c2)cc1)[C@@H]1CCCN(S(=O)(=O)Cc2c(Cl)cccc2Cl)C1. The molecule has 1 fully saturated rings. The Bertz CT molecular complexity index is 1560. The smallest absolute Gasteiger partial charge is 0.261 e. The lowest BCUT2D eigenvalue weighted by Crippen LogP contribution is -2.44. The number of hydrogen-bond donors (Lipinski definition) is 2. The van der Waals surface area contributed by atoms with E-state index in [9.17, 15) is 21.6 Å². The number of carbonyl (C=O) groups is 1. The lowest BCUT2D eigenvalue weighted by molar-refractivity contribution is -0.120. The van der Waals surface area contributed by atoms with Gasteiger partial charge in [-0.05, 0) is 67.4 Å². The van der Waals surface area contributed by atoms with Crippen LogP contribution in [0.2, 0.25) is 20.1 Å². The van der Waals surface area contributed by atoms with Crippen LogP contribution in [0.25, 0.3) is 0 Å². The number of rotatable bonds is 8. The van der Waals surface area contributed by atoms with Crippen molar-refractivity contribution >= 4 is 83.7 Å². The van der Waals surface area contributed by atoms with Crippen LogP contribution in [0.5, 0.6) is 0 Å². The summed E-state index contributed by atoms with van der Waals surface area (Å²) in [5.74, 6) is -1.33. The van der Waals surface area contributed by atoms with Crippen LogP contribution >= 0.6 is 46.4 Å². The molecule has 4 rings (SSSR count). The molecule has 3 aromatic carbocycles. The number of halogens is 4. The maximum Gasteiger partial charge on any atom is 0.261 e. The van der Waals surface area contributed by atoms with E-state index < -0.39 is 26.0 Å². The standard InChI is InChI=1S/C25H23Cl4N3O5S2/c26-17-11-18(27)13-20(12-17)31-39(36,37)21-8-6-19(7-9-21)30-25(33)16-3-2-10-32(14-16)38(34,35)15-22-23(28)4-1-5-24(22)29/h1,4-9,11-13,16,31H,2-3,10,14-15H2,(H,30,33)/t16-/m1/s1. The summed E-state index contributed by atoms with van der Waals surface area (Å²) in [5.41, 5.74) is 0.890. The average Bonchev–Trinajstić information content (AvgIpc) is 2.86. The second-order valence-electron chi connectivity index (χ2n) is 8.93. The summed E-state index contributed by atoms with van der Waals surface area (Å²) in [6, 6.07) is 14.7. The Labute approximate surface area is 247 Å². The third-order valence-electron chi connectivity index (χ3n) is 6.08. The summed E-state index contributed by atoms with van der Waals surface area (Å²) in [6.45, 7) is 0.292. The van der Waals surface area contributed by atoms with Crippen molar-refractivity contribution in [1.82, 2.24) is 4.31 Å². The van der Waals surface area contributed by atoms with Crippen LogP contribution in [0.3, 0.4) is 0 Å². The lowest BCUT2D eigenvalue weighted by Gasteiger charge is -2.31. The van der Waals surface area contributed by atoms with Crippen LogP contribution in [0, 0.1) is 5.92 Å². The zero-order valence-electron chi connectivity index (χ0n) is 20.2. The van der Waals surface area contributed by atoms with Crippen LogP contribution in [-0.2, 0) is 30.6 Å². The minimum absolute atomic E-state index is 0.00875. The van der Waals surface area contributed by atoms with Gasteiger partial charge >= 0.3 is 0 Å². The fourth-order valence-electron chi connectivity index (χ4n) is 4.14. The molecule has 1 atom stereocenters. The lowest BCUT2D eigenvalue weighted by atomic mass is 9.99. The first-order valence-electron chi connectivity index (χ1n) is 11.6. The summed E-state index contributed by atoms with van der Waals surface area (Å²) in [6.07, 6.45) is 1.01. The molecule has 0 aliphatic carbocycles. The van der Waals surface area contributed by atoms with E-state index in [-0.39, 0.29) is 55.4 Å². The van der Waals surface area contributed by atoms with Crippen LogP contribution in [0.4, 0.5) is 11.4 Å². The van der Waals surface area contributed by atoms with Crippen molar-refractivity contribution in [1.29, 1.82) is 0 Å². The van der Waals surface area contributed by atoms with Gasteiger partial charge in [-0.15, -0.1) is 0 Å². The molecule has 39 heavy (non-hydrogen) atoms. The van der Waals surface area contributed by atoms with Gasteiger partial charge in [0.15, 0.2) is 0 Å². The van der Waals surface area contributed by atoms with E-state index in [1.165, 1.54) is 46.8 Å². The van der Waals surface area contributed by atoms with Gasteiger partial charge in [0.1, 0.15) is 0 Å². The Morgan fingerprint density at radius 1 is 0.872 bits per heavy atom. The monoisotopic (exact) mass is 649 g/mol. The van der Waals surface area contributed by atoms with Crippen molar-refractivity contribution in [2.45, 2.75) is 23.5 Å². The third-order valence-corrected chi connectivity index (χ3v) is 10.4. The van der Waals surface area contributed by atoms with Gasteiger partial charge in [0.05, 0.1) is 22.3 Å². The van der Waals surface area contributed by atoms with Crippen molar-refractivity contribution in [2.75, 3.05) is 23.1 Å². The first kappa shape index (κ1) is 29.9. The molecule has 1 amide bonds. The van der Waals surface area contributed by atoms with Gasteiger partial charge in [-0.2, -0.15) is 0 Å². The molecule has 1 heterocycles. The number of amides is 1. The molecular formula is C25H23Cl4N3O5S2. The number of benzene rings is 3. The van der Waals surface area contributed by atoms with E-state index in [4.69, 9.17) is 46.4 Å². The van der Waals surface area contributed by atoms with E-state index in [0.717, 1.165) is 0 Å². The molecule has 14 heteroatoms.